The first-order valence-corrected chi connectivity index (χ1v) is 9.55. The van der Waals surface area contributed by atoms with Gasteiger partial charge in [0.05, 0.1) is 12.8 Å². The van der Waals surface area contributed by atoms with Crippen molar-refractivity contribution in [3.8, 4) is 0 Å². The van der Waals surface area contributed by atoms with Crippen LogP contribution >= 0.6 is 11.8 Å². The summed E-state index contributed by atoms with van der Waals surface area (Å²) in [5, 5.41) is 0. The highest BCUT2D eigenvalue weighted by atomic mass is 32.2. The molecule has 3 nitrogen and oxygen atoms in total. The second-order valence-electron chi connectivity index (χ2n) is 5.87. The number of thioether (sulfide) groups is 1. The number of benzene rings is 1. The number of rotatable bonds is 5. The average molecular weight is 351 g/mol. The molecule has 1 aliphatic carbocycles. The van der Waals surface area contributed by atoms with Gasteiger partial charge in [0, 0.05) is 4.90 Å². The minimum absolute atomic E-state index is 0.328. The van der Waals surface area contributed by atoms with Gasteiger partial charge in [0.25, 0.3) is 0 Å². The van der Waals surface area contributed by atoms with E-state index >= 15 is 0 Å². The van der Waals surface area contributed by atoms with Crippen molar-refractivity contribution in [1.82, 2.24) is 4.98 Å². The largest absolute Gasteiger partial charge is 0.464 e. The van der Waals surface area contributed by atoms with E-state index < -0.39 is 5.97 Å². The summed E-state index contributed by atoms with van der Waals surface area (Å²) < 4.78 is 4.77. The molecule has 0 spiro atoms. The number of nitrogens with zero attached hydrogens (tertiary/aromatic N) is 1. The number of allylic oxidation sites excluding steroid dienone is 2. The Bertz CT molecular complexity index is 868. The number of hydrogen-bond donors (Lipinski definition) is 0. The Balaban J connectivity index is 2.05. The van der Waals surface area contributed by atoms with Crippen LogP contribution in [0.5, 0.6) is 0 Å². The van der Waals surface area contributed by atoms with Crippen LogP contribution in [0.1, 0.15) is 47.1 Å². The number of carbonyl (C=O) groups is 1. The zero-order chi connectivity index (χ0) is 17.8. The highest BCUT2D eigenvalue weighted by Crippen LogP contribution is 2.40. The predicted octanol–water partition coefficient (Wildman–Crippen LogP) is 5.33. The molecule has 1 aromatic carbocycles. The smallest absolute Gasteiger partial charge is 0.356 e. The lowest BCUT2D eigenvalue weighted by Crippen LogP contribution is -2.04. The number of methoxy groups -OCH3 is 1. The summed E-state index contributed by atoms with van der Waals surface area (Å²) >= 11 is 1.75. The molecule has 0 radical (unpaired) electrons. The van der Waals surface area contributed by atoms with Gasteiger partial charge in [-0.05, 0) is 65.3 Å². The Labute approximate surface area is 152 Å². The third-order valence-corrected chi connectivity index (χ3v) is 4.93. The summed E-state index contributed by atoms with van der Waals surface area (Å²) in [7, 11) is 1.37. The van der Waals surface area contributed by atoms with Crippen molar-refractivity contribution >= 4 is 35.5 Å². The van der Waals surface area contributed by atoms with Crippen LogP contribution in [0.25, 0.3) is 17.7 Å². The SMILES string of the molecule is CCCC1=Cc2cc(SC)ccc2/C1=C\c1cccc(C(=O)OC)n1. The zero-order valence-electron chi connectivity index (χ0n) is 14.7. The standard InChI is InChI=1S/C21H21NO2S/c1-4-6-14-11-15-12-17(25-3)9-10-18(15)19(14)13-16-7-5-8-20(22-16)21(23)24-2/h5,7-13H,4,6H2,1-3H3/b19-13-. The van der Waals surface area contributed by atoms with Gasteiger partial charge >= 0.3 is 5.97 Å². The lowest BCUT2D eigenvalue weighted by Gasteiger charge is -2.08. The van der Waals surface area contributed by atoms with Crippen molar-refractivity contribution in [1.29, 1.82) is 0 Å². The molecule has 1 aliphatic rings. The molecule has 0 amide bonds. The Hall–Kier alpha value is -2.33. The maximum Gasteiger partial charge on any atom is 0.356 e. The summed E-state index contributed by atoms with van der Waals surface area (Å²) in [5.41, 5.74) is 6.09. The average Bonchev–Trinajstić information content (AvgIpc) is 2.98. The fourth-order valence-corrected chi connectivity index (χ4v) is 3.46. The van der Waals surface area contributed by atoms with Gasteiger partial charge in [-0.1, -0.05) is 31.6 Å². The molecular formula is C21H21NO2S. The number of hydrogen-bond acceptors (Lipinski definition) is 4. The van der Waals surface area contributed by atoms with Gasteiger partial charge in [-0.25, -0.2) is 9.78 Å². The number of esters is 1. The molecule has 0 N–H and O–H groups in total. The van der Waals surface area contributed by atoms with Crippen molar-refractivity contribution in [3.05, 3.63) is 64.5 Å². The molecule has 0 atom stereocenters. The summed E-state index contributed by atoms with van der Waals surface area (Å²) in [6.45, 7) is 2.19. The molecule has 0 fully saturated rings. The summed E-state index contributed by atoms with van der Waals surface area (Å²) in [6, 6.07) is 12.0. The molecule has 128 valence electrons. The van der Waals surface area contributed by atoms with Gasteiger partial charge in [0.15, 0.2) is 0 Å². The Morgan fingerprint density at radius 1 is 1.28 bits per heavy atom. The molecule has 0 saturated carbocycles. The van der Waals surface area contributed by atoms with Crippen LogP contribution in [0.3, 0.4) is 0 Å². The third-order valence-electron chi connectivity index (χ3n) is 4.20. The van der Waals surface area contributed by atoms with E-state index in [0.29, 0.717) is 5.69 Å². The highest BCUT2D eigenvalue weighted by molar-refractivity contribution is 7.98. The maximum atomic E-state index is 11.7. The molecule has 0 bridgehead atoms. The maximum absolute atomic E-state index is 11.7. The Morgan fingerprint density at radius 2 is 2.12 bits per heavy atom. The van der Waals surface area contributed by atoms with E-state index in [9.17, 15) is 4.79 Å². The molecule has 3 rings (SSSR count). The molecule has 0 unspecified atom stereocenters. The van der Waals surface area contributed by atoms with Gasteiger partial charge in [0.2, 0.25) is 0 Å². The minimum Gasteiger partial charge on any atom is -0.464 e. The molecule has 0 saturated heterocycles. The van der Waals surface area contributed by atoms with E-state index in [1.54, 1.807) is 17.8 Å². The first-order chi connectivity index (χ1) is 12.2. The van der Waals surface area contributed by atoms with Gasteiger partial charge in [-0.2, -0.15) is 0 Å². The number of carbonyl (C=O) groups excluding carboxylic acids is 1. The number of pyridine rings is 1. The van der Waals surface area contributed by atoms with Crippen molar-refractivity contribution in [2.45, 2.75) is 24.7 Å². The van der Waals surface area contributed by atoms with E-state index in [4.69, 9.17) is 4.74 Å². The first kappa shape index (κ1) is 17.5. The van der Waals surface area contributed by atoms with Crippen LogP contribution in [0.2, 0.25) is 0 Å². The van der Waals surface area contributed by atoms with Crippen LogP contribution in [0.15, 0.2) is 46.9 Å². The van der Waals surface area contributed by atoms with Gasteiger partial charge in [0.1, 0.15) is 5.69 Å². The van der Waals surface area contributed by atoms with E-state index in [1.807, 2.05) is 12.1 Å². The van der Waals surface area contributed by atoms with Crippen LogP contribution in [0.4, 0.5) is 0 Å². The van der Waals surface area contributed by atoms with Crippen molar-refractivity contribution in [2.24, 2.45) is 0 Å². The normalized spacial score (nSPS) is 14.4. The lowest BCUT2D eigenvalue weighted by atomic mass is 9.99. The second kappa shape index (κ2) is 7.70. The fraction of sp³-hybridized carbons (Fsp3) is 0.238. The van der Waals surface area contributed by atoms with Crippen LogP contribution in [-0.2, 0) is 4.74 Å². The third kappa shape index (κ3) is 3.69. The van der Waals surface area contributed by atoms with Crippen LogP contribution < -0.4 is 0 Å². The van der Waals surface area contributed by atoms with Crippen LogP contribution in [-0.4, -0.2) is 24.3 Å². The van der Waals surface area contributed by atoms with Gasteiger partial charge < -0.3 is 4.74 Å². The molecule has 4 heteroatoms. The van der Waals surface area contributed by atoms with E-state index in [2.05, 4.69) is 48.5 Å². The van der Waals surface area contributed by atoms with E-state index in [0.717, 1.165) is 18.5 Å². The van der Waals surface area contributed by atoms with Crippen molar-refractivity contribution < 1.29 is 9.53 Å². The van der Waals surface area contributed by atoms with Crippen molar-refractivity contribution in [3.63, 3.8) is 0 Å². The van der Waals surface area contributed by atoms with E-state index in [1.165, 1.54) is 34.3 Å². The number of aromatic nitrogens is 1. The molecule has 2 aromatic rings. The summed E-state index contributed by atoms with van der Waals surface area (Å²) in [5.74, 6) is -0.416. The Kier molecular flexibility index (Phi) is 5.39. The number of fused-ring (bicyclic) bond motifs is 1. The highest BCUT2D eigenvalue weighted by Gasteiger charge is 2.19. The molecule has 1 heterocycles. The summed E-state index contributed by atoms with van der Waals surface area (Å²) in [6.07, 6.45) is 8.54. The predicted molar refractivity (Wildman–Crippen MR) is 105 cm³/mol. The molecule has 1 aromatic heterocycles. The van der Waals surface area contributed by atoms with Crippen molar-refractivity contribution in [2.75, 3.05) is 13.4 Å². The number of ether oxygens (including phenoxy) is 1. The summed E-state index contributed by atoms with van der Waals surface area (Å²) in [4.78, 5) is 17.4. The minimum atomic E-state index is -0.416. The van der Waals surface area contributed by atoms with Gasteiger partial charge in [-0.15, -0.1) is 11.8 Å². The second-order valence-corrected chi connectivity index (χ2v) is 6.75. The lowest BCUT2D eigenvalue weighted by molar-refractivity contribution is 0.0594. The quantitative estimate of drug-likeness (QED) is 0.539. The molecular weight excluding hydrogens is 330 g/mol. The monoisotopic (exact) mass is 351 g/mol. The molecule has 25 heavy (non-hydrogen) atoms. The Morgan fingerprint density at radius 3 is 2.84 bits per heavy atom. The fourth-order valence-electron chi connectivity index (χ4n) is 3.02. The van der Waals surface area contributed by atoms with Gasteiger partial charge in [-0.3, -0.25) is 0 Å². The van der Waals surface area contributed by atoms with Crippen LogP contribution in [0, 0.1) is 0 Å². The molecule has 0 aliphatic heterocycles. The first-order valence-electron chi connectivity index (χ1n) is 8.32. The van der Waals surface area contributed by atoms with E-state index in [-0.39, 0.29) is 0 Å². The zero-order valence-corrected chi connectivity index (χ0v) is 15.5. The topological polar surface area (TPSA) is 39.2 Å².